The zero-order valence-corrected chi connectivity index (χ0v) is 19.2. The lowest BCUT2D eigenvalue weighted by Crippen LogP contribution is -2.43. The van der Waals surface area contributed by atoms with Crippen LogP contribution >= 0.6 is 0 Å². The van der Waals surface area contributed by atoms with Gasteiger partial charge in [0.25, 0.3) is 10.2 Å². The maximum absolute atomic E-state index is 12.4. The van der Waals surface area contributed by atoms with Gasteiger partial charge in [-0.3, -0.25) is 9.71 Å². The van der Waals surface area contributed by atoms with Crippen LogP contribution in [0.2, 0.25) is 0 Å². The van der Waals surface area contributed by atoms with Gasteiger partial charge in [-0.05, 0) is 56.9 Å². The monoisotopic (exact) mass is 446 g/mol. The summed E-state index contributed by atoms with van der Waals surface area (Å²) < 4.78 is 30.2. The van der Waals surface area contributed by atoms with Crippen molar-refractivity contribution in [1.29, 1.82) is 0 Å². The number of hydrogen-bond acceptors (Lipinski definition) is 5. The quantitative estimate of drug-likeness (QED) is 0.448. The molecule has 1 aromatic heterocycles. The third kappa shape index (κ3) is 7.88. The highest BCUT2D eigenvalue weighted by Gasteiger charge is 2.21. The molecule has 0 radical (unpaired) electrons. The largest absolute Gasteiger partial charge is 0.387 e. The van der Waals surface area contributed by atoms with Crippen LogP contribution in [0.5, 0.6) is 0 Å². The molecule has 0 unspecified atom stereocenters. The van der Waals surface area contributed by atoms with Crippen LogP contribution in [-0.4, -0.2) is 36.6 Å². The molecular formula is C23H34N4O3S. The molecule has 1 saturated carbocycles. The van der Waals surface area contributed by atoms with Crippen molar-refractivity contribution < 1.29 is 13.5 Å². The molecule has 0 aliphatic heterocycles. The van der Waals surface area contributed by atoms with E-state index in [0.717, 1.165) is 43.2 Å². The van der Waals surface area contributed by atoms with Gasteiger partial charge in [-0.2, -0.15) is 13.1 Å². The van der Waals surface area contributed by atoms with Gasteiger partial charge in [-0.15, -0.1) is 0 Å². The fourth-order valence-corrected chi connectivity index (χ4v) is 5.13. The molecule has 1 aromatic carbocycles. The Hall–Kier alpha value is -2.00. The molecule has 1 heterocycles. The maximum Gasteiger partial charge on any atom is 0.299 e. The average Bonchev–Trinajstić information content (AvgIpc) is 2.74. The fourth-order valence-electron chi connectivity index (χ4n) is 3.95. The van der Waals surface area contributed by atoms with E-state index in [1.54, 1.807) is 24.5 Å². The fraction of sp³-hybridized carbons (Fsp3) is 0.522. The van der Waals surface area contributed by atoms with Crippen molar-refractivity contribution in [3.63, 3.8) is 0 Å². The Morgan fingerprint density at radius 3 is 2.48 bits per heavy atom. The van der Waals surface area contributed by atoms with E-state index in [-0.39, 0.29) is 11.6 Å². The van der Waals surface area contributed by atoms with Gasteiger partial charge in [-0.1, -0.05) is 37.5 Å². The van der Waals surface area contributed by atoms with E-state index in [1.807, 2.05) is 24.3 Å². The standard InChI is InChI=1S/C23H34N4O3S/c1-23(2,25-17-22(28)19-7-6-14-24-16-19)15-18-10-12-21(13-11-18)27-31(29,30)26-20-8-4-3-5-9-20/h6-7,10-14,16,20,22,25-28H,3-5,8-9,15,17H2,1-2H3/t22-/m0/s1. The molecular weight excluding hydrogens is 412 g/mol. The molecule has 4 N–H and O–H groups in total. The van der Waals surface area contributed by atoms with Gasteiger partial charge in [-0.25, -0.2) is 0 Å². The van der Waals surface area contributed by atoms with Crippen molar-refractivity contribution >= 4 is 15.9 Å². The lowest BCUT2D eigenvalue weighted by molar-refractivity contribution is 0.160. The summed E-state index contributed by atoms with van der Waals surface area (Å²) in [5.41, 5.74) is 2.16. The second kappa shape index (κ2) is 10.5. The molecule has 170 valence electrons. The third-order valence-corrected chi connectivity index (χ3v) is 6.77. The van der Waals surface area contributed by atoms with Gasteiger partial charge in [0.05, 0.1) is 6.10 Å². The molecule has 31 heavy (non-hydrogen) atoms. The van der Waals surface area contributed by atoms with E-state index in [9.17, 15) is 13.5 Å². The first-order chi connectivity index (χ1) is 14.7. The highest BCUT2D eigenvalue weighted by molar-refractivity contribution is 7.90. The van der Waals surface area contributed by atoms with E-state index in [1.165, 1.54) is 6.42 Å². The molecule has 1 aliphatic rings. The van der Waals surface area contributed by atoms with Gasteiger partial charge in [0.2, 0.25) is 0 Å². The topological polar surface area (TPSA) is 103 Å². The van der Waals surface area contributed by atoms with Crippen molar-refractivity contribution in [1.82, 2.24) is 15.0 Å². The maximum atomic E-state index is 12.4. The normalized spacial score (nSPS) is 16.7. The summed E-state index contributed by atoms with van der Waals surface area (Å²) in [5.74, 6) is 0. The highest BCUT2D eigenvalue weighted by atomic mass is 32.2. The van der Waals surface area contributed by atoms with Crippen LogP contribution in [-0.2, 0) is 16.6 Å². The number of pyridine rings is 1. The minimum atomic E-state index is -3.57. The summed E-state index contributed by atoms with van der Waals surface area (Å²) in [5, 5.41) is 13.7. The predicted molar refractivity (Wildman–Crippen MR) is 124 cm³/mol. The van der Waals surface area contributed by atoms with Crippen LogP contribution in [0.25, 0.3) is 0 Å². The Kier molecular flexibility index (Phi) is 8.05. The molecule has 8 heteroatoms. The lowest BCUT2D eigenvalue weighted by atomic mass is 9.94. The second-order valence-corrected chi connectivity index (χ2v) is 10.4. The molecule has 0 saturated heterocycles. The van der Waals surface area contributed by atoms with Crippen molar-refractivity contribution in [2.24, 2.45) is 0 Å². The summed E-state index contributed by atoms with van der Waals surface area (Å²) in [6.45, 7) is 4.57. The second-order valence-electron chi connectivity index (χ2n) is 9.00. The number of aliphatic hydroxyl groups is 1. The number of benzene rings is 1. The minimum absolute atomic E-state index is 0.0272. The van der Waals surface area contributed by atoms with Crippen LogP contribution in [0.4, 0.5) is 5.69 Å². The van der Waals surface area contributed by atoms with Crippen LogP contribution in [0.15, 0.2) is 48.8 Å². The smallest absolute Gasteiger partial charge is 0.299 e. The molecule has 1 fully saturated rings. The molecule has 0 bridgehead atoms. The summed E-state index contributed by atoms with van der Waals surface area (Å²) >= 11 is 0. The number of anilines is 1. The molecule has 7 nitrogen and oxygen atoms in total. The van der Waals surface area contributed by atoms with Crippen molar-refractivity contribution in [3.05, 3.63) is 59.9 Å². The number of nitrogens with one attached hydrogen (secondary N) is 3. The molecule has 3 rings (SSSR count). The number of aromatic nitrogens is 1. The van der Waals surface area contributed by atoms with E-state index in [0.29, 0.717) is 12.2 Å². The van der Waals surface area contributed by atoms with Crippen LogP contribution in [0, 0.1) is 0 Å². The number of β-amino-alcohol motifs (C(OH)–C–C–N with tert-alkyl or cyclic N) is 1. The Bertz CT molecular complexity index is 912. The lowest BCUT2D eigenvalue weighted by Gasteiger charge is -2.28. The van der Waals surface area contributed by atoms with E-state index < -0.39 is 16.3 Å². The molecule has 0 amide bonds. The van der Waals surface area contributed by atoms with Crippen molar-refractivity contribution in [3.8, 4) is 0 Å². The summed E-state index contributed by atoms with van der Waals surface area (Å²) in [4.78, 5) is 4.04. The van der Waals surface area contributed by atoms with Gasteiger partial charge >= 0.3 is 0 Å². The van der Waals surface area contributed by atoms with Gasteiger partial charge < -0.3 is 10.4 Å². The third-order valence-electron chi connectivity index (χ3n) is 5.62. The zero-order valence-electron chi connectivity index (χ0n) is 18.3. The van der Waals surface area contributed by atoms with Crippen molar-refractivity contribution in [2.45, 2.75) is 70.1 Å². The van der Waals surface area contributed by atoms with Crippen LogP contribution in [0.1, 0.15) is 63.2 Å². The zero-order chi connectivity index (χ0) is 22.3. The Balaban J connectivity index is 1.50. The van der Waals surface area contributed by atoms with Gasteiger partial charge in [0, 0.05) is 41.8 Å². The number of hydrogen-bond donors (Lipinski definition) is 4. The summed E-state index contributed by atoms with van der Waals surface area (Å²) in [6, 6.07) is 11.1. The van der Waals surface area contributed by atoms with Gasteiger partial charge in [0.1, 0.15) is 0 Å². The molecule has 1 aliphatic carbocycles. The first-order valence-electron chi connectivity index (χ1n) is 10.9. The molecule has 1 atom stereocenters. The first-order valence-corrected chi connectivity index (χ1v) is 12.4. The number of nitrogens with zero attached hydrogens (tertiary/aromatic N) is 1. The number of rotatable bonds is 10. The molecule has 2 aromatic rings. The highest BCUT2D eigenvalue weighted by Crippen LogP contribution is 2.20. The molecule has 0 spiro atoms. The predicted octanol–water partition coefficient (Wildman–Crippen LogP) is 3.30. The van der Waals surface area contributed by atoms with E-state index in [2.05, 4.69) is 33.6 Å². The van der Waals surface area contributed by atoms with Crippen LogP contribution in [0.3, 0.4) is 0 Å². The Morgan fingerprint density at radius 2 is 1.84 bits per heavy atom. The minimum Gasteiger partial charge on any atom is -0.387 e. The Labute approximate surface area is 185 Å². The first kappa shape index (κ1) is 23.7. The van der Waals surface area contributed by atoms with E-state index >= 15 is 0 Å². The number of aliphatic hydroxyl groups excluding tert-OH is 1. The summed E-state index contributed by atoms with van der Waals surface area (Å²) in [6.07, 6.45) is 8.60. The van der Waals surface area contributed by atoms with Gasteiger partial charge in [0.15, 0.2) is 0 Å². The SMILES string of the molecule is CC(C)(Cc1ccc(NS(=O)(=O)NC2CCCCC2)cc1)NC[C@H](O)c1cccnc1. The van der Waals surface area contributed by atoms with Crippen molar-refractivity contribution in [2.75, 3.05) is 11.3 Å². The summed E-state index contributed by atoms with van der Waals surface area (Å²) in [7, 11) is -3.57. The van der Waals surface area contributed by atoms with Crippen LogP contribution < -0.4 is 14.8 Å². The van der Waals surface area contributed by atoms with E-state index in [4.69, 9.17) is 0 Å². The average molecular weight is 447 g/mol. The Morgan fingerprint density at radius 1 is 1.13 bits per heavy atom.